The Kier molecular flexibility index (Phi) is 4.13. The Balaban J connectivity index is 1.80. The van der Waals surface area contributed by atoms with Gasteiger partial charge in [-0.05, 0) is 37.8 Å². The molecule has 1 aliphatic carbocycles. The summed E-state index contributed by atoms with van der Waals surface area (Å²) < 4.78 is 0. The average molecular weight is 336 g/mol. The summed E-state index contributed by atoms with van der Waals surface area (Å²) in [7, 11) is 0. The van der Waals surface area contributed by atoms with Crippen LogP contribution >= 0.6 is 11.6 Å². The Labute approximate surface area is 141 Å². The van der Waals surface area contributed by atoms with Crippen LogP contribution in [0, 0.1) is 11.8 Å². The van der Waals surface area contributed by atoms with E-state index in [9.17, 15) is 9.59 Å². The van der Waals surface area contributed by atoms with Gasteiger partial charge in [-0.1, -0.05) is 31.5 Å². The molecule has 0 aromatic heterocycles. The normalized spacial score (nSPS) is 26.0. The lowest BCUT2D eigenvalue weighted by atomic mass is 9.81. The van der Waals surface area contributed by atoms with Crippen molar-refractivity contribution in [3.05, 3.63) is 28.8 Å². The van der Waals surface area contributed by atoms with Crippen LogP contribution in [0.1, 0.15) is 45.1 Å². The van der Waals surface area contributed by atoms with Gasteiger partial charge in [0.05, 0.1) is 5.92 Å². The Morgan fingerprint density at radius 1 is 1.17 bits per heavy atom. The number of anilines is 1. The molecular formula is C18H22ClNO3. The van der Waals surface area contributed by atoms with Gasteiger partial charge in [0.25, 0.3) is 0 Å². The number of hydrogen-bond donors (Lipinski definition) is 1. The van der Waals surface area contributed by atoms with Crippen molar-refractivity contribution in [2.45, 2.75) is 44.9 Å². The van der Waals surface area contributed by atoms with E-state index in [1.807, 2.05) is 23.1 Å². The number of rotatable bonds is 2. The van der Waals surface area contributed by atoms with Crippen LogP contribution in [0.25, 0.3) is 0 Å². The fourth-order valence-corrected chi connectivity index (χ4v) is 4.40. The van der Waals surface area contributed by atoms with Gasteiger partial charge in [-0.2, -0.15) is 0 Å². The van der Waals surface area contributed by atoms with E-state index in [0.717, 1.165) is 11.3 Å². The lowest BCUT2D eigenvalue weighted by Gasteiger charge is -2.29. The van der Waals surface area contributed by atoms with E-state index in [0.29, 0.717) is 37.3 Å². The van der Waals surface area contributed by atoms with Crippen LogP contribution in [-0.4, -0.2) is 23.5 Å². The Morgan fingerprint density at radius 2 is 1.78 bits per heavy atom. The van der Waals surface area contributed by atoms with Crippen molar-refractivity contribution in [1.82, 2.24) is 0 Å². The molecule has 0 spiro atoms. The van der Waals surface area contributed by atoms with Gasteiger partial charge in [-0.25, -0.2) is 0 Å². The molecule has 23 heavy (non-hydrogen) atoms. The van der Waals surface area contributed by atoms with Gasteiger partial charge in [0, 0.05) is 34.2 Å². The Bertz CT molecular complexity index is 648. The third-order valence-corrected chi connectivity index (χ3v) is 5.52. The summed E-state index contributed by atoms with van der Waals surface area (Å²) in [6.07, 6.45) is 2.49. The molecule has 1 aliphatic heterocycles. The Hall–Kier alpha value is -1.55. The van der Waals surface area contributed by atoms with Crippen molar-refractivity contribution in [1.29, 1.82) is 0 Å². The van der Waals surface area contributed by atoms with Crippen LogP contribution in [-0.2, 0) is 15.0 Å². The SMILES string of the molecule is CC1(C)CN(C(=O)C2CCC(C(=O)O)CC2)c2cccc(Cl)c21. The highest BCUT2D eigenvalue weighted by molar-refractivity contribution is 6.32. The van der Waals surface area contributed by atoms with Gasteiger partial charge >= 0.3 is 5.97 Å². The van der Waals surface area contributed by atoms with Gasteiger partial charge in [0.15, 0.2) is 0 Å². The summed E-state index contributed by atoms with van der Waals surface area (Å²) in [5.74, 6) is -1.000. The van der Waals surface area contributed by atoms with Gasteiger partial charge < -0.3 is 10.0 Å². The van der Waals surface area contributed by atoms with Crippen molar-refractivity contribution in [3.63, 3.8) is 0 Å². The van der Waals surface area contributed by atoms with Gasteiger partial charge in [-0.3, -0.25) is 9.59 Å². The minimum atomic E-state index is -0.740. The van der Waals surface area contributed by atoms with E-state index in [2.05, 4.69) is 13.8 Å². The first-order valence-electron chi connectivity index (χ1n) is 8.14. The number of aliphatic carboxylic acids is 1. The lowest BCUT2D eigenvalue weighted by Crippen LogP contribution is -2.39. The summed E-state index contributed by atoms with van der Waals surface area (Å²) in [5.41, 5.74) is 1.78. The number of carboxylic acid groups (broad SMARTS) is 1. The maximum absolute atomic E-state index is 13.0. The molecule has 0 atom stereocenters. The number of carboxylic acids is 1. The second-order valence-corrected chi connectivity index (χ2v) is 7.74. The minimum absolute atomic E-state index is 0.0775. The first-order chi connectivity index (χ1) is 10.8. The van der Waals surface area contributed by atoms with Gasteiger partial charge in [0.2, 0.25) is 5.91 Å². The molecule has 2 aliphatic rings. The summed E-state index contributed by atoms with van der Waals surface area (Å²) in [6, 6.07) is 5.70. The van der Waals surface area contributed by atoms with Crippen molar-refractivity contribution in [2.24, 2.45) is 11.8 Å². The monoisotopic (exact) mass is 335 g/mol. The molecule has 5 heteroatoms. The van der Waals surface area contributed by atoms with E-state index in [-0.39, 0.29) is 23.2 Å². The molecule has 1 aromatic rings. The predicted octanol–water partition coefficient (Wildman–Crippen LogP) is 3.86. The lowest BCUT2D eigenvalue weighted by molar-refractivity contribution is -0.144. The van der Waals surface area contributed by atoms with Crippen LogP contribution in [0.3, 0.4) is 0 Å². The number of benzene rings is 1. The zero-order valence-electron chi connectivity index (χ0n) is 13.5. The first kappa shape index (κ1) is 16.3. The average Bonchev–Trinajstić information content (AvgIpc) is 2.79. The highest BCUT2D eigenvalue weighted by atomic mass is 35.5. The summed E-state index contributed by atoms with van der Waals surface area (Å²) in [6.45, 7) is 4.84. The number of nitrogens with zero attached hydrogens (tertiary/aromatic N) is 1. The van der Waals surface area contributed by atoms with E-state index in [4.69, 9.17) is 16.7 Å². The summed E-state index contributed by atoms with van der Waals surface area (Å²) in [4.78, 5) is 25.9. The predicted molar refractivity (Wildman–Crippen MR) is 89.9 cm³/mol. The zero-order chi connectivity index (χ0) is 16.8. The van der Waals surface area contributed by atoms with Crippen molar-refractivity contribution >= 4 is 29.2 Å². The number of carbonyl (C=O) groups is 2. The topological polar surface area (TPSA) is 57.6 Å². The molecule has 0 bridgehead atoms. The number of carbonyl (C=O) groups excluding carboxylic acids is 1. The molecule has 1 aromatic carbocycles. The first-order valence-corrected chi connectivity index (χ1v) is 8.52. The maximum atomic E-state index is 13.0. The maximum Gasteiger partial charge on any atom is 0.306 e. The fourth-order valence-electron chi connectivity index (χ4n) is 3.97. The smallest absolute Gasteiger partial charge is 0.306 e. The van der Waals surface area contributed by atoms with Gasteiger partial charge in [-0.15, -0.1) is 0 Å². The number of amides is 1. The van der Waals surface area contributed by atoms with Crippen LogP contribution < -0.4 is 4.90 Å². The minimum Gasteiger partial charge on any atom is -0.481 e. The van der Waals surface area contributed by atoms with Crippen LogP contribution in [0.2, 0.25) is 5.02 Å². The second-order valence-electron chi connectivity index (χ2n) is 7.33. The van der Waals surface area contributed by atoms with Crippen molar-refractivity contribution < 1.29 is 14.7 Å². The molecule has 124 valence electrons. The standard InChI is InChI=1S/C18H22ClNO3/c1-18(2)10-20(14-5-3-4-13(19)15(14)18)16(21)11-6-8-12(9-7-11)17(22)23/h3-5,11-12H,6-10H2,1-2H3,(H,22,23). The molecule has 1 amide bonds. The van der Waals surface area contributed by atoms with E-state index in [1.165, 1.54) is 0 Å². The quantitative estimate of drug-likeness (QED) is 0.893. The molecule has 1 heterocycles. The summed E-state index contributed by atoms with van der Waals surface area (Å²) in [5, 5.41) is 9.80. The number of halogens is 1. The molecule has 0 saturated heterocycles. The largest absolute Gasteiger partial charge is 0.481 e. The van der Waals surface area contributed by atoms with Crippen LogP contribution in [0.5, 0.6) is 0 Å². The third kappa shape index (κ3) is 2.85. The highest BCUT2D eigenvalue weighted by Gasteiger charge is 2.42. The summed E-state index contributed by atoms with van der Waals surface area (Å²) >= 11 is 6.36. The van der Waals surface area contributed by atoms with Crippen molar-refractivity contribution in [2.75, 3.05) is 11.4 Å². The van der Waals surface area contributed by atoms with E-state index < -0.39 is 5.97 Å². The number of hydrogen-bond acceptors (Lipinski definition) is 2. The second kappa shape index (κ2) is 5.82. The zero-order valence-corrected chi connectivity index (χ0v) is 14.3. The molecular weight excluding hydrogens is 314 g/mol. The molecule has 1 fully saturated rings. The fraction of sp³-hybridized carbons (Fsp3) is 0.556. The Morgan fingerprint density at radius 3 is 2.39 bits per heavy atom. The number of fused-ring (bicyclic) bond motifs is 1. The molecule has 3 rings (SSSR count). The third-order valence-electron chi connectivity index (χ3n) is 5.20. The van der Waals surface area contributed by atoms with Crippen LogP contribution in [0.4, 0.5) is 5.69 Å². The molecule has 0 radical (unpaired) electrons. The van der Waals surface area contributed by atoms with E-state index >= 15 is 0 Å². The van der Waals surface area contributed by atoms with E-state index in [1.54, 1.807) is 0 Å². The highest BCUT2D eigenvalue weighted by Crippen LogP contribution is 2.45. The molecule has 4 nitrogen and oxygen atoms in total. The van der Waals surface area contributed by atoms with Crippen LogP contribution in [0.15, 0.2) is 18.2 Å². The van der Waals surface area contributed by atoms with Crippen molar-refractivity contribution in [3.8, 4) is 0 Å². The molecule has 1 N–H and O–H groups in total. The van der Waals surface area contributed by atoms with Gasteiger partial charge in [0.1, 0.15) is 0 Å². The molecule has 0 unspecified atom stereocenters. The molecule has 1 saturated carbocycles.